The predicted molar refractivity (Wildman–Crippen MR) is 50.1 cm³/mol. The molecule has 2 fully saturated rings. The highest BCUT2D eigenvalue weighted by molar-refractivity contribution is 8.00. The lowest BCUT2D eigenvalue weighted by atomic mass is 10.1. The van der Waals surface area contributed by atoms with Crippen LogP contribution in [-0.2, 0) is 0 Å². The Balaban J connectivity index is 1.57. The summed E-state index contributed by atoms with van der Waals surface area (Å²) in [5.74, 6) is 1.38. The average molecular weight is 172 g/mol. The van der Waals surface area contributed by atoms with Crippen molar-refractivity contribution in [1.29, 1.82) is 0 Å². The van der Waals surface area contributed by atoms with Crippen LogP contribution in [0.3, 0.4) is 0 Å². The van der Waals surface area contributed by atoms with E-state index >= 15 is 0 Å². The van der Waals surface area contributed by atoms with Crippen molar-refractivity contribution in [2.45, 2.75) is 24.1 Å². The standard InChI is InChI=1S/C8H16N2S/c1-2-8(11-3-1)6-10-7-4-9-5-7/h7-10H,1-6H2. The van der Waals surface area contributed by atoms with Gasteiger partial charge >= 0.3 is 0 Å². The molecule has 2 nitrogen and oxygen atoms in total. The van der Waals surface area contributed by atoms with Crippen LogP contribution in [-0.4, -0.2) is 36.7 Å². The summed E-state index contributed by atoms with van der Waals surface area (Å²) in [5, 5.41) is 7.76. The summed E-state index contributed by atoms with van der Waals surface area (Å²) in [4.78, 5) is 0. The quantitative estimate of drug-likeness (QED) is 0.646. The first-order valence-corrected chi connectivity index (χ1v) is 5.56. The highest BCUT2D eigenvalue weighted by Crippen LogP contribution is 2.25. The first-order chi connectivity index (χ1) is 5.45. The minimum absolute atomic E-state index is 0.774. The van der Waals surface area contributed by atoms with E-state index in [9.17, 15) is 0 Å². The van der Waals surface area contributed by atoms with Crippen LogP contribution in [0.1, 0.15) is 12.8 Å². The van der Waals surface area contributed by atoms with Crippen LogP contribution in [0.4, 0.5) is 0 Å². The van der Waals surface area contributed by atoms with Crippen molar-refractivity contribution in [2.75, 3.05) is 25.4 Å². The molecule has 2 rings (SSSR count). The third-order valence-corrected chi connectivity index (χ3v) is 3.84. The minimum Gasteiger partial charge on any atom is -0.314 e. The molecule has 2 saturated heterocycles. The molecule has 3 heteroatoms. The van der Waals surface area contributed by atoms with Crippen molar-refractivity contribution in [2.24, 2.45) is 0 Å². The lowest BCUT2D eigenvalue weighted by molar-refractivity contribution is 0.366. The van der Waals surface area contributed by atoms with Gasteiger partial charge in [-0.05, 0) is 18.6 Å². The van der Waals surface area contributed by atoms with E-state index < -0.39 is 0 Å². The summed E-state index contributed by atoms with van der Waals surface area (Å²) in [7, 11) is 0. The van der Waals surface area contributed by atoms with Crippen molar-refractivity contribution >= 4 is 11.8 Å². The monoisotopic (exact) mass is 172 g/mol. The summed E-state index contributed by atoms with van der Waals surface area (Å²) < 4.78 is 0. The lowest BCUT2D eigenvalue weighted by Crippen LogP contribution is -2.56. The number of rotatable bonds is 3. The molecule has 2 N–H and O–H groups in total. The van der Waals surface area contributed by atoms with Crippen LogP contribution < -0.4 is 10.6 Å². The molecule has 0 spiro atoms. The van der Waals surface area contributed by atoms with Crippen LogP contribution in [0.5, 0.6) is 0 Å². The SMILES string of the molecule is C1CSC(CNC2CNC2)C1. The topological polar surface area (TPSA) is 24.1 Å². The molecule has 0 saturated carbocycles. The highest BCUT2D eigenvalue weighted by atomic mass is 32.2. The maximum absolute atomic E-state index is 3.58. The van der Waals surface area contributed by atoms with Gasteiger partial charge in [-0.3, -0.25) is 0 Å². The molecule has 2 aliphatic rings. The Bertz CT molecular complexity index is 119. The van der Waals surface area contributed by atoms with E-state index in [2.05, 4.69) is 22.4 Å². The predicted octanol–water partition coefficient (Wildman–Crippen LogP) is 0.443. The van der Waals surface area contributed by atoms with Gasteiger partial charge in [-0.1, -0.05) is 0 Å². The second-order valence-electron chi connectivity index (χ2n) is 3.40. The molecule has 0 aromatic heterocycles. The van der Waals surface area contributed by atoms with E-state index in [4.69, 9.17) is 0 Å². The van der Waals surface area contributed by atoms with Gasteiger partial charge in [-0.15, -0.1) is 0 Å². The van der Waals surface area contributed by atoms with Crippen molar-refractivity contribution in [3.8, 4) is 0 Å². The molecular formula is C8H16N2S. The van der Waals surface area contributed by atoms with Crippen LogP contribution in [0.25, 0.3) is 0 Å². The molecule has 2 aliphatic heterocycles. The zero-order chi connectivity index (χ0) is 7.52. The van der Waals surface area contributed by atoms with Gasteiger partial charge in [0.1, 0.15) is 0 Å². The van der Waals surface area contributed by atoms with Gasteiger partial charge in [0.2, 0.25) is 0 Å². The van der Waals surface area contributed by atoms with Gasteiger partial charge in [-0.25, -0.2) is 0 Å². The summed E-state index contributed by atoms with van der Waals surface area (Å²) in [6.45, 7) is 3.59. The van der Waals surface area contributed by atoms with E-state index in [-0.39, 0.29) is 0 Å². The minimum atomic E-state index is 0.774. The fourth-order valence-corrected chi connectivity index (χ4v) is 2.75. The van der Waals surface area contributed by atoms with E-state index in [0.717, 1.165) is 11.3 Å². The summed E-state index contributed by atoms with van der Waals surface area (Å²) >= 11 is 2.14. The largest absolute Gasteiger partial charge is 0.314 e. The Hall–Kier alpha value is 0.270. The third kappa shape index (κ3) is 2.10. The molecule has 0 aliphatic carbocycles. The maximum Gasteiger partial charge on any atom is 0.0318 e. The maximum atomic E-state index is 3.58. The molecule has 11 heavy (non-hydrogen) atoms. The molecule has 1 unspecified atom stereocenters. The van der Waals surface area contributed by atoms with Gasteiger partial charge in [0.05, 0.1) is 0 Å². The Labute approximate surface area is 72.5 Å². The van der Waals surface area contributed by atoms with Crippen LogP contribution >= 0.6 is 11.8 Å². The lowest BCUT2D eigenvalue weighted by Gasteiger charge is -2.29. The number of nitrogens with one attached hydrogen (secondary N) is 2. The van der Waals surface area contributed by atoms with Crippen LogP contribution in [0.15, 0.2) is 0 Å². The summed E-state index contributed by atoms with van der Waals surface area (Å²) in [6.07, 6.45) is 2.86. The molecule has 0 amide bonds. The fourth-order valence-electron chi connectivity index (χ4n) is 1.54. The van der Waals surface area contributed by atoms with Gasteiger partial charge in [0, 0.05) is 30.9 Å². The molecule has 0 aromatic rings. The number of thioether (sulfide) groups is 1. The third-order valence-electron chi connectivity index (χ3n) is 2.44. The highest BCUT2D eigenvalue weighted by Gasteiger charge is 2.19. The Morgan fingerprint density at radius 3 is 2.91 bits per heavy atom. The Morgan fingerprint density at radius 1 is 1.45 bits per heavy atom. The van der Waals surface area contributed by atoms with Crippen molar-refractivity contribution < 1.29 is 0 Å². The second-order valence-corrected chi connectivity index (χ2v) is 4.81. The summed E-state index contributed by atoms with van der Waals surface area (Å²) in [5.41, 5.74) is 0. The fraction of sp³-hybridized carbons (Fsp3) is 1.00. The van der Waals surface area contributed by atoms with E-state index in [1.54, 1.807) is 0 Å². The Morgan fingerprint density at radius 2 is 2.36 bits per heavy atom. The van der Waals surface area contributed by atoms with Gasteiger partial charge in [0.25, 0.3) is 0 Å². The van der Waals surface area contributed by atoms with E-state index in [0.29, 0.717) is 0 Å². The van der Waals surface area contributed by atoms with Crippen molar-refractivity contribution in [3.05, 3.63) is 0 Å². The smallest absolute Gasteiger partial charge is 0.0318 e. The molecule has 0 bridgehead atoms. The molecule has 64 valence electrons. The van der Waals surface area contributed by atoms with Gasteiger partial charge < -0.3 is 10.6 Å². The molecule has 2 heterocycles. The summed E-state index contributed by atoms with van der Waals surface area (Å²) in [6, 6.07) is 0.774. The molecular weight excluding hydrogens is 156 g/mol. The normalized spacial score (nSPS) is 32.2. The second kappa shape index (κ2) is 3.78. The first kappa shape index (κ1) is 7.90. The van der Waals surface area contributed by atoms with Crippen molar-refractivity contribution in [3.63, 3.8) is 0 Å². The molecule has 0 aromatic carbocycles. The average Bonchev–Trinajstić information content (AvgIpc) is 2.36. The van der Waals surface area contributed by atoms with Crippen LogP contribution in [0, 0.1) is 0 Å². The zero-order valence-corrected chi connectivity index (χ0v) is 7.62. The van der Waals surface area contributed by atoms with Gasteiger partial charge in [-0.2, -0.15) is 11.8 Å². The van der Waals surface area contributed by atoms with E-state index in [1.807, 2.05) is 0 Å². The zero-order valence-electron chi connectivity index (χ0n) is 6.81. The Kier molecular flexibility index (Phi) is 2.72. The molecule has 1 atom stereocenters. The van der Waals surface area contributed by atoms with Crippen molar-refractivity contribution in [1.82, 2.24) is 10.6 Å². The number of hydrogen-bond donors (Lipinski definition) is 2. The number of hydrogen-bond acceptors (Lipinski definition) is 3. The van der Waals surface area contributed by atoms with Gasteiger partial charge in [0.15, 0.2) is 0 Å². The first-order valence-electron chi connectivity index (χ1n) is 4.51. The van der Waals surface area contributed by atoms with E-state index in [1.165, 1.54) is 38.2 Å². The van der Waals surface area contributed by atoms with Crippen LogP contribution in [0.2, 0.25) is 0 Å². The molecule has 0 radical (unpaired) electrons.